The first-order chi connectivity index (χ1) is 12.3. The third-order valence-corrected chi connectivity index (χ3v) is 6.15. The lowest BCUT2D eigenvalue weighted by molar-refractivity contribution is -0.123. The highest BCUT2D eigenvalue weighted by Gasteiger charge is 2.28. The monoisotopic (exact) mass is 378 g/mol. The first-order valence-electron chi connectivity index (χ1n) is 9.34. The van der Waals surface area contributed by atoms with Crippen molar-refractivity contribution in [3.05, 3.63) is 41.5 Å². The zero-order chi connectivity index (χ0) is 19.2. The summed E-state index contributed by atoms with van der Waals surface area (Å²) in [6.07, 6.45) is 7.77. The Hall–Kier alpha value is -1.66. The fraction of sp³-hybridized carbons (Fsp3) is 0.550. The van der Waals surface area contributed by atoms with Gasteiger partial charge in [0.05, 0.1) is 4.90 Å². The molecule has 26 heavy (non-hydrogen) atoms. The van der Waals surface area contributed by atoms with E-state index in [0.717, 1.165) is 24.8 Å². The molecule has 0 aromatic heterocycles. The Bertz CT molecular complexity index is 737. The van der Waals surface area contributed by atoms with Gasteiger partial charge in [-0.2, -0.15) is 4.72 Å². The van der Waals surface area contributed by atoms with E-state index >= 15 is 0 Å². The Morgan fingerprint density at radius 1 is 1.15 bits per heavy atom. The van der Waals surface area contributed by atoms with Crippen LogP contribution in [-0.2, 0) is 14.8 Å². The van der Waals surface area contributed by atoms with Gasteiger partial charge in [0.2, 0.25) is 15.9 Å². The van der Waals surface area contributed by atoms with Gasteiger partial charge in [0.1, 0.15) is 6.04 Å². The minimum absolute atomic E-state index is 0.149. The van der Waals surface area contributed by atoms with Crippen LogP contribution in [0, 0.1) is 12.8 Å². The summed E-state index contributed by atoms with van der Waals surface area (Å²) in [4.78, 5) is 12.7. The summed E-state index contributed by atoms with van der Waals surface area (Å²) in [6.45, 7) is 6.12. The van der Waals surface area contributed by atoms with E-state index < -0.39 is 16.1 Å². The standard InChI is InChI=1S/C20H30N2O3S/c1-15(2)19(20(23)21-14-13-17-7-5-4-6-8-17)22-26(24,25)18-11-9-16(3)10-12-18/h7,9-12,15,19,22H,4-6,8,13-14H2,1-3H3,(H,21,23)/t19-/m0/s1. The third kappa shape index (κ3) is 5.95. The summed E-state index contributed by atoms with van der Waals surface area (Å²) in [6, 6.07) is 5.82. The van der Waals surface area contributed by atoms with E-state index in [1.165, 1.54) is 18.4 Å². The Balaban J connectivity index is 1.97. The molecule has 0 radical (unpaired) electrons. The van der Waals surface area contributed by atoms with Crippen molar-refractivity contribution in [1.29, 1.82) is 0 Å². The Kier molecular flexibility index (Phi) is 7.41. The number of sulfonamides is 1. The molecule has 0 saturated heterocycles. The fourth-order valence-electron chi connectivity index (χ4n) is 3.03. The molecule has 6 heteroatoms. The van der Waals surface area contributed by atoms with Crippen LogP contribution in [0.25, 0.3) is 0 Å². The molecule has 0 fully saturated rings. The van der Waals surface area contributed by atoms with Crippen molar-refractivity contribution >= 4 is 15.9 Å². The molecule has 1 atom stereocenters. The van der Waals surface area contributed by atoms with Crippen molar-refractivity contribution in [2.24, 2.45) is 5.92 Å². The first-order valence-corrected chi connectivity index (χ1v) is 10.8. The van der Waals surface area contributed by atoms with Gasteiger partial charge in [-0.25, -0.2) is 8.42 Å². The highest BCUT2D eigenvalue weighted by Crippen LogP contribution is 2.19. The molecule has 1 aliphatic rings. The molecule has 0 spiro atoms. The third-order valence-electron chi connectivity index (χ3n) is 4.69. The van der Waals surface area contributed by atoms with E-state index in [0.29, 0.717) is 6.54 Å². The number of allylic oxidation sites excluding steroid dienone is 1. The van der Waals surface area contributed by atoms with Crippen molar-refractivity contribution < 1.29 is 13.2 Å². The van der Waals surface area contributed by atoms with Gasteiger partial charge in [0.25, 0.3) is 0 Å². The molecule has 0 aliphatic heterocycles. The van der Waals surface area contributed by atoms with Gasteiger partial charge >= 0.3 is 0 Å². The van der Waals surface area contributed by atoms with E-state index in [-0.39, 0.29) is 16.7 Å². The van der Waals surface area contributed by atoms with Crippen LogP contribution < -0.4 is 10.0 Å². The maximum absolute atomic E-state index is 12.6. The zero-order valence-corrected chi connectivity index (χ0v) is 16.7. The second kappa shape index (κ2) is 9.33. The van der Waals surface area contributed by atoms with E-state index in [1.54, 1.807) is 24.3 Å². The van der Waals surface area contributed by atoms with E-state index in [2.05, 4.69) is 16.1 Å². The van der Waals surface area contributed by atoms with Gasteiger partial charge in [-0.3, -0.25) is 4.79 Å². The molecule has 0 bridgehead atoms. The first kappa shape index (κ1) is 20.6. The van der Waals surface area contributed by atoms with E-state index in [4.69, 9.17) is 0 Å². The summed E-state index contributed by atoms with van der Waals surface area (Å²) in [5, 5.41) is 2.89. The van der Waals surface area contributed by atoms with Crippen molar-refractivity contribution in [2.75, 3.05) is 6.54 Å². The molecule has 0 unspecified atom stereocenters. The average molecular weight is 379 g/mol. The number of hydrogen-bond donors (Lipinski definition) is 2. The van der Waals surface area contributed by atoms with Gasteiger partial charge in [0.15, 0.2) is 0 Å². The summed E-state index contributed by atoms with van der Waals surface area (Å²) in [7, 11) is -3.73. The van der Waals surface area contributed by atoms with Crippen LogP contribution in [0.1, 0.15) is 51.5 Å². The van der Waals surface area contributed by atoms with Crippen LogP contribution in [0.5, 0.6) is 0 Å². The molecule has 1 amide bonds. The van der Waals surface area contributed by atoms with Crippen LogP contribution in [0.3, 0.4) is 0 Å². The van der Waals surface area contributed by atoms with Gasteiger partial charge in [0, 0.05) is 6.54 Å². The van der Waals surface area contributed by atoms with Crippen molar-refractivity contribution in [3.63, 3.8) is 0 Å². The maximum Gasteiger partial charge on any atom is 0.241 e. The molecule has 1 aliphatic carbocycles. The summed E-state index contributed by atoms with van der Waals surface area (Å²) in [5.74, 6) is -0.420. The number of hydrogen-bond acceptors (Lipinski definition) is 3. The molecule has 2 rings (SSSR count). The van der Waals surface area contributed by atoms with Crippen molar-refractivity contribution in [3.8, 4) is 0 Å². The van der Waals surface area contributed by atoms with Crippen LogP contribution in [0.15, 0.2) is 40.8 Å². The molecule has 1 aromatic carbocycles. The van der Waals surface area contributed by atoms with Crippen LogP contribution in [0.2, 0.25) is 0 Å². The van der Waals surface area contributed by atoms with Crippen molar-refractivity contribution in [1.82, 2.24) is 10.0 Å². The van der Waals surface area contributed by atoms with Gasteiger partial charge in [-0.05, 0) is 57.1 Å². The number of nitrogens with one attached hydrogen (secondary N) is 2. The quantitative estimate of drug-likeness (QED) is 0.682. The Morgan fingerprint density at radius 2 is 1.85 bits per heavy atom. The van der Waals surface area contributed by atoms with Gasteiger partial charge in [-0.15, -0.1) is 0 Å². The number of carbonyl (C=O) groups is 1. The smallest absolute Gasteiger partial charge is 0.241 e. The average Bonchev–Trinajstić information content (AvgIpc) is 2.60. The predicted octanol–water partition coefficient (Wildman–Crippen LogP) is 3.30. The number of carbonyl (C=O) groups excluding carboxylic acids is 1. The molecule has 0 heterocycles. The predicted molar refractivity (Wildman–Crippen MR) is 104 cm³/mol. The van der Waals surface area contributed by atoms with Gasteiger partial charge < -0.3 is 5.32 Å². The number of aryl methyl sites for hydroxylation is 1. The SMILES string of the molecule is Cc1ccc(S(=O)(=O)N[C@H](C(=O)NCCC2=CCCCC2)C(C)C)cc1. The number of rotatable bonds is 8. The van der Waals surface area contributed by atoms with Crippen LogP contribution in [-0.4, -0.2) is 26.9 Å². The summed E-state index contributed by atoms with van der Waals surface area (Å²) in [5.41, 5.74) is 2.37. The second-order valence-corrected chi connectivity index (χ2v) is 9.02. The molecular formula is C20H30N2O3S. The highest BCUT2D eigenvalue weighted by molar-refractivity contribution is 7.89. The normalized spacial score (nSPS) is 16.2. The second-order valence-electron chi connectivity index (χ2n) is 7.31. The molecular weight excluding hydrogens is 348 g/mol. The van der Waals surface area contributed by atoms with Crippen LogP contribution in [0.4, 0.5) is 0 Å². The zero-order valence-electron chi connectivity index (χ0n) is 15.9. The topological polar surface area (TPSA) is 75.3 Å². The minimum atomic E-state index is -3.73. The maximum atomic E-state index is 12.6. The lowest BCUT2D eigenvalue weighted by Gasteiger charge is -2.22. The van der Waals surface area contributed by atoms with Gasteiger partial charge in [-0.1, -0.05) is 43.2 Å². The fourth-order valence-corrected chi connectivity index (χ4v) is 4.38. The Morgan fingerprint density at radius 3 is 2.42 bits per heavy atom. The lowest BCUT2D eigenvalue weighted by Crippen LogP contribution is -2.49. The lowest BCUT2D eigenvalue weighted by atomic mass is 9.97. The summed E-state index contributed by atoms with van der Waals surface area (Å²) < 4.78 is 27.7. The van der Waals surface area contributed by atoms with Crippen LogP contribution >= 0.6 is 0 Å². The molecule has 144 valence electrons. The minimum Gasteiger partial charge on any atom is -0.354 e. The van der Waals surface area contributed by atoms with Crippen molar-refractivity contribution in [2.45, 2.75) is 63.8 Å². The van der Waals surface area contributed by atoms with E-state index in [9.17, 15) is 13.2 Å². The largest absolute Gasteiger partial charge is 0.354 e. The molecule has 0 saturated carbocycles. The molecule has 2 N–H and O–H groups in total. The summed E-state index contributed by atoms with van der Waals surface area (Å²) >= 11 is 0. The highest BCUT2D eigenvalue weighted by atomic mass is 32.2. The molecule has 5 nitrogen and oxygen atoms in total. The van der Waals surface area contributed by atoms with E-state index in [1.807, 2.05) is 20.8 Å². The Labute approximate surface area is 157 Å². The number of amides is 1. The number of benzene rings is 1. The molecule has 1 aromatic rings.